The van der Waals surface area contributed by atoms with Crippen LogP contribution in [0.3, 0.4) is 0 Å². The summed E-state index contributed by atoms with van der Waals surface area (Å²) in [5, 5.41) is 20.0. The van der Waals surface area contributed by atoms with Gasteiger partial charge in [0.05, 0.1) is 12.7 Å². The summed E-state index contributed by atoms with van der Waals surface area (Å²) < 4.78 is 5.31. The number of rotatable bonds is 4. The summed E-state index contributed by atoms with van der Waals surface area (Å²) in [5.41, 5.74) is 1.72. The Balaban J connectivity index is 1.23. The highest BCUT2D eigenvalue weighted by atomic mass is 16.5. The van der Waals surface area contributed by atoms with Crippen LogP contribution in [-0.4, -0.2) is 38.6 Å². The van der Waals surface area contributed by atoms with Crippen LogP contribution in [0.5, 0.6) is 5.75 Å². The minimum atomic E-state index is -0.498. The van der Waals surface area contributed by atoms with E-state index in [4.69, 9.17) is 4.74 Å². The van der Waals surface area contributed by atoms with E-state index in [-0.39, 0.29) is 23.3 Å². The van der Waals surface area contributed by atoms with Crippen molar-refractivity contribution in [2.75, 3.05) is 7.11 Å². The molecule has 2 aromatic rings. The summed E-state index contributed by atoms with van der Waals surface area (Å²) >= 11 is 0. The standard InChI is InChI=1S/C30H43N3O3/c1-27(35)14-15-28(2)19(17-27)10-12-30(4)25-9-7-21(29(25,3)13-11-26(28)30)24(34)18-33-31-22-8-6-20(36-5)16-23(22)32-33/h6,8,16,19,21,25-26,35H,7,9-15,17-18H2,1-5H3/t19-,21+,25+,26+,27+,28?,29+,30-/m0/s1. The largest absolute Gasteiger partial charge is 0.497 e. The van der Waals surface area contributed by atoms with E-state index in [1.165, 1.54) is 19.3 Å². The summed E-state index contributed by atoms with van der Waals surface area (Å²) in [7, 11) is 1.65. The molecule has 1 N–H and O–H groups in total. The molecule has 36 heavy (non-hydrogen) atoms. The van der Waals surface area contributed by atoms with E-state index in [0.29, 0.717) is 29.0 Å². The van der Waals surface area contributed by atoms with Gasteiger partial charge >= 0.3 is 0 Å². The van der Waals surface area contributed by atoms with Crippen molar-refractivity contribution in [1.29, 1.82) is 0 Å². The van der Waals surface area contributed by atoms with Gasteiger partial charge in [-0.2, -0.15) is 15.0 Å². The predicted octanol–water partition coefficient (Wildman–Crippen LogP) is 5.81. The summed E-state index contributed by atoms with van der Waals surface area (Å²) in [6.45, 7) is 9.82. The van der Waals surface area contributed by atoms with Crippen molar-refractivity contribution in [3.05, 3.63) is 18.2 Å². The van der Waals surface area contributed by atoms with Crippen LogP contribution < -0.4 is 4.74 Å². The number of ketones is 1. The van der Waals surface area contributed by atoms with Gasteiger partial charge in [0, 0.05) is 12.0 Å². The van der Waals surface area contributed by atoms with Crippen molar-refractivity contribution >= 4 is 16.8 Å². The van der Waals surface area contributed by atoms with Crippen LogP contribution in [0.15, 0.2) is 18.2 Å². The maximum atomic E-state index is 13.7. The minimum absolute atomic E-state index is 0.0570. The van der Waals surface area contributed by atoms with E-state index < -0.39 is 5.60 Å². The fraction of sp³-hybridized carbons (Fsp3) is 0.767. The van der Waals surface area contributed by atoms with Gasteiger partial charge in [0.15, 0.2) is 5.78 Å². The Morgan fingerprint density at radius 2 is 1.67 bits per heavy atom. The molecule has 8 atom stereocenters. The third kappa shape index (κ3) is 3.49. The lowest BCUT2D eigenvalue weighted by Gasteiger charge is -2.66. The van der Waals surface area contributed by atoms with E-state index in [1.54, 1.807) is 11.9 Å². The minimum Gasteiger partial charge on any atom is -0.497 e. The van der Waals surface area contributed by atoms with Gasteiger partial charge in [0.2, 0.25) is 0 Å². The lowest BCUT2D eigenvalue weighted by molar-refractivity contribution is -0.186. The number of hydrogen-bond acceptors (Lipinski definition) is 5. The molecular formula is C30H43N3O3. The first-order chi connectivity index (χ1) is 17.0. The number of aliphatic hydroxyl groups is 1. The maximum Gasteiger partial charge on any atom is 0.159 e. The van der Waals surface area contributed by atoms with Crippen molar-refractivity contribution < 1.29 is 14.6 Å². The van der Waals surface area contributed by atoms with Crippen LogP contribution >= 0.6 is 0 Å². The number of ether oxygens (including phenoxy) is 1. The molecule has 6 nitrogen and oxygen atoms in total. The van der Waals surface area contributed by atoms with Crippen LogP contribution in [0.4, 0.5) is 0 Å². The maximum absolute atomic E-state index is 13.7. The number of carbonyl (C=O) groups excluding carboxylic acids is 1. The van der Waals surface area contributed by atoms with Gasteiger partial charge in [0.25, 0.3) is 0 Å². The van der Waals surface area contributed by atoms with Gasteiger partial charge in [-0.3, -0.25) is 4.79 Å². The van der Waals surface area contributed by atoms with Crippen LogP contribution in [0.1, 0.15) is 85.5 Å². The Kier molecular flexibility index (Phi) is 5.44. The molecule has 1 aromatic heterocycles. The van der Waals surface area contributed by atoms with Gasteiger partial charge in [-0.05, 0) is 111 Å². The number of Topliss-reactive ketones (excluding diaryl/α,β-unsaturated/α-hetero) is 1. The fourth-order valence-electron chi connectivity index (χ4n) is 10.0. The smallest absolute Gasteiger partial charge is 0.159 e. The van der Waals surface area contributed by atoms with E-state index in [9.17, 15) is 9.90 Å². The van der Waals surface area contributed by atoms with Crippen molar-refractivity contribution in [2.45, 2.75) is 97.6 Å². The molecule has 6 rings (SSSR count). The molecule has 1 heterocycles. The molecule has 1 aromatic carbocycles. The van der Waals surface area contributed by atoms with Gasteiger partial charge in [0.1, 0.15) is 23.3 Å². The van der Waals surface area contributed by atoms with Gasteiger partial charge in [-0.25, -0.2) is 0 Å². The van der Waals surface area contributed by atoms with E-state index in [0.717, 1.165) is 55.3 Å². The Bertz CT molecular complexity index is 1190. The molecule has 0 aliphatic heterocycles. The number of nitrogens with zero attached hydrogens (tertiary/aromatic N) is 3. The van der Waals surface area contributed by atoms with Crippen molar-refractivity contribution in [3.63, 3.8) is 0 Å². The van der Waals surface area contributed by atoms with Crippen molar-refractivity contribution in [3.8, 4) is 5.75 Å². The fourth-order valence-corrected chi connectivity index (χ4v) is 10.0. The van der Waals surface area contributed by atoms with Crippen LogP contribution in [0.2, 0.25) is 0 Å². The normalized spacial score (nSPS) is 44.1. The van der Waals surface area contributed by atoms with Crippen LogP contribution in [0, 0.1) is 39.9 Å². The molecule has 0 bridgehead atoms. The van der Waals surface area contributed by atoms with Crippen LogP contribution in [0.25, 0.3) is 11.0 Å². The third-order valence-electron chi connectivity index (χ3n) is 11.9. The lowest BCUT2D eigenvalue weighted by atomic mass is 9.39. The third-order valence-corrected chi connectivity index (χ3v) is 11.9. The topological polar surface area (TPSA) is 77.2 Å². The number of carbonyl (C=O) groups is 1. The monoisotopic (exact) mass is 493 g/mol. The summed E-state index contributed by atoms with van der Waals surface area (Å²) in [6.07, 6.45) is 9.98. The quantitative estimate of drug-likeness (QED) is 0.582. The molecule has 0 saturated heterocycles. The first-order valence-electron chi connectivity index (χ1n) is 14.1. The average Bonchev–Trinajstić information content (AvgIpc) is 3.39. The SMILES string of the molecule is COc1ccc2nn(CC(=O)[C@H]3CC[C@@H]4[C@]3(C)CC[C@@H]3C5(C)CC[C@@](C)(O)C[C@@H]5CC[C@@]43C)nc2c1. The van der Waals surface area contributed by atoms with Gasteiger partial charge < -0.3 is 9.84 Å². The molecule has 4 aliphatic carbocycles. The zero-order valence-corrected chi connectivity index (χ0v) is 22.7. The lowest BCUT2D eigenvalue weighted by Crippen LogP contribution is -2.60. The average molecular weight is 494 g/mol. The summed E-state index contributed by atoms with van der Waals surface area (Å²) in [6, 6.07) is 5.66. The van der Waals surface area contributed by atoms with E-state index in [1.807, 2.05) is 25.1 Å². The van der Waals surface area contributed by atoms with Crippen molar-refractivity contribution in [2.24, 2.45) is 39.9 Å². The zero-order chi connectivity index (χ0) is 25.5. The molecule has 0 amide bonds. The highest BCUT2D eigenvalue weighted by Crippen LogP contribution is 2.72. The number of fused-ring (bicyclic) bond motifs is 6. The first-order valence-corrected chi connectivity index (χ1v) is 14.1. The molecule has 0 spiro atoms. The summed E-state index contributed by atoms with van der Waals surface area (Å²) in [5.74, 6) is 3.04. The van der Waals surface area contributed by atoms with Crippen LogP contribution in [-0.2, 0) is 11.3 Å². The zero-order valence-electron chi connectivity index (χ0n) is 22.7. The molecule has 0 radical (unpaired) electrons. The Morgan fingerprint density at radius 3 is 2.44 bits per heavy atom. The highest BCUT2D eigenvalue weighted by Gasteiger charge is 2.66. The second-order valence-electron chi connectivity index (χ2n) is 13.8. The second-order valence-corrected chi connectivity index (χ2v) is 13.8. The highest BCUT2D eigenvalue weighted by molar-refractivity contribution is 5.82. The molecule has 196 valence electrons. The first kappa shape index (κ1) is 24.4. The molecule has 4 aliphatic rings. The molecular weight excluding hydrogens is 450 g/mol. The Hall–Kier alpha value is -1.95. The Labute approximate surface area is 215 Å². The molecule has 6 heteroatoms. The van der Waals surface area contributed by atoms with Gasteiger partial charge in [-0.15, -0.1) is 0 Å². The molecule has 4 fully saturated rings. The van der Waals surface area contributed by atoms with E-state index in [2.05, 4.69) is 31.0 Å². The molecule has 4 saturated carbocycles. The second kappa shape index (κ2) is 8.02. The van der Waals surface area contributed by atoms with E-state index >= 15 is 0 Å². The Morgan fingerprint density at radius 1 is 0.944 bits per heavy atom. The predicted molar refractivity (Wildman–Crippen MR) is 140 cm³/mol. The summed E-state index contributed by atoms with van der Waals surface area (Å²) in [4.78, 5) is 15.3. The number of methoxy groups -OCH3 is 1. The van der Waals surface area contributed by atoms with Gasteiger partial charge in [-0.1, -0.05) is 20.8 Å². The molecule has 1 unspecified atom stereocenters. The van der Waals surface area contributed by atoms with Crippen molar-refractivity contribution in [1.82, 2.24) is 15.0 Å². The number of aromatic nitrogens is 3. The number of hydrogen-bond donors (Lipinski definition) is 1. The number of benzene rings is 1.